The Hall–Kier alpha value is -1.12. The number of carbonyl (C=O) groups excluding carboxylic acids is 1. The molecule has 0 spiro atoms. The average Bonchev–Trinajstić information content (AvgIpc) is 2.43. The average molecular weight is 166 g/mol. The highest BCUT2D eigenvalue weighted by Gasteiger charge is 2.42. The Balaban J connectivity index is 2.18. The van der Waals surface area contributed by atoms with Gasteiger partial charge in [0.05, 0.1) is 5.92 Å². The molecule has 2 aliphatic rings. The van der Waals surface area contributed by atoms with E-state index in [1.165, 1.54) is 0 Å². The molecule has 1 saturated carbocycles. The lowest BCUT2D eigenvalue weighted by molar-refractivity contribution is -0.141. The maximum absolute atomic E-state index is 11.0. The number of carboxylic acid groups (broad SMARTS) is 1. The van der Waals surface area contributed by atoms with Crippen LogP contribution in [-0.2, 0) is 9.59 Å². The van der Waals surface area contributed by atoms with E-state index in [1.54, 1.807) is 6.08 Å². The number of rotatable bonds is 1. The van der Waals surface area contributed by atoms with Crippen molar-refractivity contribution in [1.29, 1.82) is 0 Å². The summed E-state index contributed by atoms with van der Waals surface area (Å²) >= 11 is 0. The summed E-state index contributed by atoms with van der Waals surface area (Å²) in [4.78, 5) is 21.7. The first kappa shape index (κ1) is 7.53. The molecule has 3 nitrogen and oxygen atoms in total. The van der Waals surface area contributed by atoms with Gasteiger partial charge < -0.3 is 5.11 Å². The van der Waals surface area contributed by atoms with Gasteiger partial charge in [0.2, 0.25) is 0 Å². The molecule has 0 unspecified atom stereocenters. The van der Waals surface area contributed by atoms with E-state index in [9.17, 15) is 9.59 Å². The van der Waals surface area contributed by atoms with Crippen molar-refractivity contribution in [3.05, 3.63) is 12.2 Å². The van der Waals surface area contributed by atoms with Crippen molar-refractivity contribution in [3.8, 4) is 0 Å². The van der Waals surface area contributed by atoms with Crippen LogP contribution in [0.2, 0.25) is 0 Å². The van der Waals surface area contributed by atoms with Crippen LogP contribution in [0.15, 0.2) is 12.2 Å². The molecule has 12 heavy (non-hydrogen) atoms. The summed E-state index contributed by atoms with van der Waals surface area (Å²) in [5.41, 5.74) is 0. The number of allylic oxidation sites excluding steroid dienone is 1. The number of aliphatic carboxylic acids is 1. The van der Waals surface area contributed by atoms with E-state index in [0.29, 0.717) is 12.8 Å². The Bertz CT molecular complexity index is 267. The molecule has 0 bridgehead atoms. The highest BCUT2D eigenvalue weighted by molar-refractivity contribution is 5.84. The molecule has 0 saturated heterocycles. The molecule has 3 atom stereocenters. The van der Waals surface area contributed by atoms with Crippen LogP contribution in [0.25, 0.3) is 0 Å². The van der Waals surface area contributed by atoms with Gasteiger partial charge >= 0.3 is 5.97 Å². The Labute approximate surface area is 70.1 Å². The number of hydrogen-bond acceptors (Lipinski definition) is 2. The minimum Gasteiger partial charge on any atom is -0.481 e. The number of carbonyl (C=O) groups is 2. The molecule has 3 heteroatoms. The lowest BCUT2D eigenvalue weighted by Crippen LogP contribution is -2.19. The second-order valence-corrected chi connectivity index (χ2v) is 3.52. The molecular formula is C9H10O3. The second kappa shape index (κ2) is 2.44. The van der Waals surface area contributed by atoms with Crippen LogP contribution >= 0.6 is 0 Å². The van der Waals surface area contributed by atoms with Crippen molar-refractivity contribution in [2.45, 2.75) is 12.8 Å². The van der Waals surface area contributed by atoms with E-state index in [0.717, 1.165) is 0 Å². The summed E-state index contributed by atoms with van der Waals surface area (Å²) in [6.45, 7) is 0. The zero-order valence-corrected chi connectivity index (χ0v) is 6.56. The van der Waals surface area contributed by atoms with E-state index in [-0.39, 0.29) is 17.6 Å². The largest absolute Gasteiger partial charge is 0.481 e. The first-order valence-corrected chi connectivity index (χ1v) is 4.11. The summed E-state index contributed by atoms with van der Waals surface area (Å²) in [5.74, 6) is -0.746. The van der Waals surface area contributed by atoms with Gasteiger partial charge in [-0.05, 0) is 11.8 Å². The van der Waals surface area contributed by atoms with Crippen LogP contribution in [0.4, 0.5) is 0 Å². The topological polar surface area (TPSA) is 54.4 Å². The highest BCUT2D eigenvalue weighted by atomic mass is 16.4. The summed E-state index contributed by atoms with van der Waals surface area (Å²) in [6.07, 6.45) is 4.61. The van der Waals surface area contributed by atoms with Crippen LogP contribution in [-0.4, -0.2) is 16.9 Å². The zero-order valence-electron chi connectivity index (χ0n) is 6.56. The molecular weight excluding hydrogens is 156 g/mol. The number of fused-ring (bicyclic) bond motifs is 1. The van der Waals surface area contributed by atoms with Gasteiger partial charge in [-0.2, -0.15) is 0 Å². The van der Waals surface area contributed by atoms with E-state index in [1.807, 2.05) is 6.08 Å². The molecule has 1 N–H and O–H groups in total. The van der Waals surface area contributed by atoms with Gasteiger partial charge in [-0.3, -0.25) is 9.59 Å². The van der Waals surface area contributed by atoms with Crippen LogP contribution in [0, 0.1) is 17.8 Å². The minimum atomic E-state index is -0.798. The lowest BCUT2D eigenvalue weighted by Gasteiger charge is -2.12. The third-order valence-electron chi connectivity index (χ3n) is 2.79. The van der Waals surface area contributed by atoms with E-state index >= 15 is 0 Å². The van der Waals surface area contributed by atoms with Gasteiger partial charge in [0.1, 0.15) is 5.78 Å². The van der Waals surface area contributed by atoms with Crippen LogP contribution in [0.5, 0.6) is 0 Å². The van der Waals surface area contributed by atoms with Gasteiger partial charge in [0, 0.05) is 12.8 Å². The monoisotopic (exact) mass is 166 g/mol. The van der Waals surface area contributed by atoms with E-state index < -0.39 is 11.9 Å². The predicted molar refractivity (Wildman–Crippen MR) is 41.5 cm³/mol. The quantitative estimate of drug-likeness (QED) is 0.587. The summed E-state index contributed by atoms with van der Waals surface area (Å²) < 4.78 is 0. The highest BCUT2D eigenvalue weighted by Crippen LogP contribution is 2.41. The Kier molecular flexibility index (Phi) is 1.53. The molecule has 0 aromatic rings. The molecule has 2 rings (SSSR count). The Morgan fingerprint density at radius 1 is 1.42 bits per heavy atom. The zero-order chi connectivity index (χ0) is 8.72. The first-order valence-electron chi connectivity index (χ1n) is 4.11. The van der Waals surface area contributed by atoms with Crippen molar-refractivity contribution >= 4 is 11.8 Å². The van der Waals surface area contributed by atoms with Gasteiger partial charge in [-0.15, -0.1) is 0 Å². The van der Waals surface area contributed by atoms with Crippen molar-refractivity contribution in [2.75, 3.05) is 0 Å². The summed E-state index contributed by atoms with van der Waals surface area (Å²) in [5, 5.41) is 8.78. The Morgan fingerprint density at radius 2 is 2.17 bits per heavy atom. The molecule has 0 aromatic heterocycles. The fourth-order valence-electron chi connectivity index (χ4n) is 2.19. The molecule has 0 aliphatic heterocycles. The van der Waals surface area contributed by atoms with Crippen molar-refractivity contribution < 1.29 is 14.7 Å². The number of ketones is 1. The molecule has 0 heterocycles. The fraction of sp³-hybridized carbons (Fsp3) is 0.556. The number of Topliss-reactive ketones (excluding diaryl/α,β-unsaturated/α-hetero) is 1. The molecule has 2 aliphatic carbocycles. The second-order valence-electron chi connectivity index (χ2n) is 3.52. The maximum Gasteiger partial charge on any atom is 0.310 e. The molecule has 64 valence electrons. The van der Waals surface area contributed by atoms with Crippen LogP contribution in [0.3, 0.4) is 0 Å². The fourth-order valence-corrected chi connectivity index (χ4v) is 2.19. The van der Waals surface area contributed by atoms with Crippen molar-refractivity contribution in [3.63, 3.8) is 0 Å². The third kappa shape index (κ3) is 0.967. The van der Waals surface area contributed by atoms with Crippen molar-refractivity contribution in [1.82, 2.24) is 0 Å². The van der Waals surface area contributed by atoms with Gasteiger partial charge in [-0.25, -0.2) is 0 Å². The smallest absolute Gasteiger partial charge is 0.310 e. The van der Waals surface area contributed by atoms with Crippen LogP contribution < -0.4 is 0 Å². The molecule has 0 aromatic carbocycles. The lowest BCUT2D eigenvalue weighted by atomic mass is 9.91. The van der Waals surface area contributed by atoms with Gasteiger partial charge in [0.15, 0.2) is 0 Å². The number of hydrogen-bond donors (Lipinski definition) is 1. The van der Waals surface area contributed by atoms with Crippen molar-refractivity contribution in [2.24, 2.45) is 17.8 Å². The van der Waals surface area contributed by atoms with Gasteiger partial charge in [0.25, 0.3) is 0 Å². The standard InChI is InChI=1S/C9H10O3/c10-6-3-5-1-2-7(9(11)12)8(5)4-6/h1-2,5,7-8H,3-4H2,(H,11,12)/t5-,7-,8+/m0/s1. The SMILES string of the molecule is O=C1C[C@H]2[C@@H](C(=O)O)C=C[C@H]2C1. The van der Waals surface area contributed by atoms with E-state index in [4.69, 9.17) is 5.11 Å². The molecule has 0 amide bonds. The Morgan fingerprint density at radius 3 is 2.83 bits per heavy atom. The third-order valence-corrected chi connectivity index (χ3v) is 2.79. The first-order chi connectivity index (χ1) is 5.68. The molecule has 0 radical (unpaired) electrons. The van der Waals surface area contributed by atoms with E-state index in [2.05, 4.69) is 0 Å². The molecule has 1 fully saturated rings. The predicted octanol–water partition coefficient (Wildman–Crippen LogP) is 0.852. The summed E-state index contributed by atoms with van der Waals surface area (Å²) in [6, 6.07) is 0. The van der Waals surface area contributed by atoms with Gasteiger partial charge in [-0.1, -0.05) is 12.2 Å². The van der Waals surface area contributed by atoms with Crippen LogP contribution in [0.1, 0.15) is 12.8 Å². The number of carboxylic acids is 1. The maximum atomic E-state index is 11.0. The minimum absolute atomic E-state index is 0.0509. The normalized spacial score (nSPS) is 38.7. The summed E-state index contributed by atoms with van der Waals surface area (Å²) in [7, 11) is 0.